The molecule has 12 nitrogen and oxygen atoms in total. The van der Waals surface area contributed by atoms with Crippen molar-refractivity contribution in [1.82, 2.24) is 5.32 Å². The van der Waals surface area contributed by atoms with E-state index < -0.39 is 11.6 Å². The molecule has 1 aliphatic heterocycles. The summed E-state index contributed by atoms with van der Waals surface area (Å²) in [6.45, 7) is 0.920. The second kappa shape index (κ2) is 13.1. The van der Waals surface area contributed by atoms with Crippen LogP contribution in [0, 0.1) is 5.92 Å². The maximum Gasteiger partial charge on any atom is 0.252 e. The maximum absolute atomic E-state index is 14.3. The summed E-state index contributed by atoms with van der Waals surface area (Å²) in [6.07, 6.45) is 1.70. The molecule has 0 unspecified atom stereocenters. The predicted molar refractivity (Wildman–Crippen MR) is 157 cm³/mol. The number of amides is 1. The van der Waals surface area contributed by atoms with Gasteiger partial charge in [-0.2, -0.15) is 0 Å². The summed E-state index contributed by atoms with van der Waals surface area (Å²) < 4.78 is 12.2. The summed E-state index contributed by atoms with van der Waals surface area (Å²) in [4.78, 5) is 25.2. The number of aliphatic hydroxyl groups is 1. The number of carbonyl (C=O) groups is 1. The van der Waals surface area contributed by atoms with Crippen molar-refractivity contribution in [3.8, 4) is 5.75 Å². The molecule has 1 amide bonds. The fourth-order valence-corrected chi connectivity index (χ4v) is 4.92. The van der Waals surface area contributed by atoms with Gasteiger partial charge in [0.25, 0.3) is 5.91 Å². The number of nitrogens with one attached hydrogen (secondary N) is 1. The first-order valence-corrected chi connectivity index (χ1v) is 13.7. The largest absolute Gasteiger partial charge is 0.494 e. The van der Waals surface area contributed by atoms with Crippen LogP contribution >= 0.6 is 0 Å². The number of hydrogen-bond acceptors (Lipinski definition) is 7. The molecule has 3 aromatic rings. The highest BCUT2D eigenvalue weighted by Gasteiger charge is 2.54. The monoisotopic (exact) mass is 566 g/mol. The van der Waals surface area contributed by atoms with Gasteiger partial charge in [-0.15, -0.1) is 0 Å². The standard InChI is InChI=1S/C30H30N8O4/c31-37-35-25-8-3-1-6-22(25)18-30(29(40)33-19-20-10-11-20)27(24-7-2-4-9-26(24)36-38-32)42-28(34-30)21-12-14-23(15-13-21)41-17-5-16-39/h1-4,6-9,12-15,20,27,39H,5,10-11,16-19H2,(H,33,40)/t27-,30-/m1/s1. The number of azide groups is 2. The Morgan fingerprint density at radius 2 is 1.71 bits per heavy atom. The predicted octanol–water partition coefficient (Wildman–Crippen LogP) is 6.36. The molecule has 5 rings (SSSR count). The van der Waals surface area contributed by atoms with E-state index in [1.54, 1.807) is 72.8 Å². The third-order valence-electron chi connectivity index (χ3n) is 7.25. The van der Waals surface area contributed by atoms with Crippen molar-refractivity contribution in [2.45, 2.75) is 37.3 Å². The molecule has 2 N–H and O–H groups in total. The van der Waals surface area contributed by atoms with E-state index in [9.17, 15) is 15.9 Å². The summed E-state index contributed by atoms with van der Waals surface area (Å²) in [5.74, 6) is 0.928. The van der Waals surface area contributed by atoms with E-state index in [0.29, 0.717) is 59.3 Å². The molecule has 1 fully saturated rings. The molecule has 42 heavy (non-hydrogen) atoms. The van der Waals surface area contributed by atoms with Crippen molar-refractivity contribution < 1.29 is 19.4 Å². The Bertz CT molecular complexity index is 1560. The molecule has 214 valence electrons. The van der Waals surface area contributed by atoms with Gasteiger partial charge in [-0.3, -0.25) is 4.79 Å². The number of nitrogens with zero attached hydrogens (tertiary/aromatic N) is 7. The zero-order chi connectivity index (χ0) is 29.4. The lowest BCUT2D eigenvalue weighted by Crippen LogP contribution is -2.50. The van der Waals surface area contributed by atoms with Crippen molar-refractivity contribution in [2.75, 3.05) is 19.8 Å². The van der Waals surface area contributed by atoms with Gasteiger partial charge in [0.1, 0.15) is 5.75 Å². The van der Waals surface area contributed by atoms with Crippen LogP contribution in [0.2, 0.25) is 0 Å². The number of carbonyl (C=O) groups excluding carboxylic acids is 1. The van der Waals surface area contributed by atoms with Crippen molar-refractivity contribution in [2.24, 2.45) is 21.1 Å². The first-order chi connectivity index (χ1) is 20.6. The topological polar surface area (TPSA) is 178 Å². The van der Waals surface area contributed by atoms with E-state index in [-0.39, 0.29) is 24.8 Å². The minimum Gasteiger partial charge on any atom is -0.494 e. The summed E-state index contributed by atoms with van der Waals surface area (Å²) in [5, 5.41) is 19.8. The lowest BCUT2D eigenvalue weighted by Gasteiger charge is -2.31. The Labute approximate surface area is 242 Å². The second-order valence-electron chi connectivity index (χ2n) is 10.2. The highest BCUT2D eigenvalue weighted by Crippen LogP contribution is 2.46. The molecule has 0 spiro atoms. The summed E-state index contributed by atoms with van der Waals surface area (Å²) in [5.41, 5.74) is 19.4. The third-order valence-corrected chi connectivity index (χ3v) is 7.25. The molecule has 1 aliphatic carbocycles. The van der Waals surface area contributed by atoms with Gasteiger partial charge in [0.15, 0.2) is 11.6 Å². The van der Waals surface area contributed by atoms with Crippen molar-refractivity contribution in [3.63, 3.8) is 0 Å². The van der Waals surface area contributed by atoms with Crippen LogP contribution in [0.5, 0.6) is 5.75 Å². The minimum absolute atomic E-state index is 0.0368. The van der Waals surface area contributed by atoms with Gasteiger partial charge in [-0.1, -0.05) is 58.8 Å². The van der Waals surface area contributed by atoms with Gasteiger partial charge in [0.2, 0.25) is 5.90 Å². The highest BCUT2D eigenvalue weighted by atomic mass is 16.5. The van der Waals surface area contributed by atoms with Gasteiger partial charge in [-0.25, -0.2) is 4.99 Å². The number of ether oxygens (including phenoxy) is 2. The molecule has 0 saturated heterocycles. The molecular formula is C30H30N8O4. The lowest BCUT2D eigenvalue weighted by atomic mass is 9.81. The molecule has 0 aromatic heterocycles. The van der Waals surface area contributed by atoms with E-state index in [2.05, 4.69) is 25.4 Å². The average Bonchev–Trinajstić information content (AvgIpc) is 3.77. The van der Waals surface area contributed by atoms with Crippen LogP contribution in [0.15, 0.2) is 88.0 Å². The van der Waals surface area contributed by atoms with Crippen LogP contribution < -0.4 is 10.1 Å². The van der Waals surface area contributed by atoms with Gasteiger partial charge < -0.3 is 19.9 Å². The zero-order valence-electron chi connectivity index (χ0n) is 22.8. The number of hydrogen-bond donors (Lipinski definition) is 2. The van der Waals surface area contributed by atoms with Crippen molar-refractivity contribution >= 4 is 23.2 Å². The van der Waals surface area contributed by atoms with Crippen LogP contribution in [-0.4, -0.2) is 42.2 Å². The normalized spacial score (nSPS) is 19.1. The first-order valence-electron chi connectivity index (χ1n) is 13.7. The smallest absolute Gasteiger partial charge is 0.252 e. The molecule has 2 atom stereocenters. The van der Waals surface area contributed by atoms with Crippen LogP contribution in [-0.2, 0) is 16.0 Å². The molecule has 0 bridgehead atoms. The molecule has 1 saturated carbocycles. The Kier molecular flexibility index (Phi) is 8.89. The third kappa shape index (κ3) is 6.31. The van der Waals surface area contributed by atoms with E-state index in [0.717, 1.165) is 12.8 Å². The quantitative estimate of drug-likeness (QED) is 0.106. The number of benzene rings is 3. The SMILES string of the molecule is [N-]=[N+]=Nc1ccccc1C[C@@]1(C(=O)NCC2CC2)N=C(c2ccc(OCCCO)cc2)O[C@@H]1c1ccccc1N=[N+]=[N-]. The van der Waals surface area contributed by atoms with E-state index in [1.807, 2.05) is 0 Å². The van der Waals surface area contributed by atoms with Crippen molar-refractivity contribution in [3.05, 3.63) is 110 Å². The van der Waals surface area contributed by atoms with Crippen LogP contribution in [0.4, 0.5) is 11.4 Å². The highest BCUT2D eigenvalue weighted by molar-refractivity contribution is 6.01. The molecule has 3 aromatic carbocycles. The summed E-state index contributed by atoms with van der Waals surface area (Å²) in [6, 6.07) is 21.1. The second-order valence-corrected chi connectivity index (χ2v) is 10.2. The number of aliphatic imine (C=N–C) groups is 1. The minimum atomic E-state index is -1.53. The lowest BCUT2D eigenvalue weighted by molar-refractivity contribution is -0.129. The van der Waals surface area contributed by atoms with E-state index in [4.69, 9.17) is 19.6 Å². The molecule has 1 heterocycles. The molecule has 0 radical (unpaired) electrons. The van der Waals surface area contributed by atoms with Crippen LogP contribution in [0.3, 0.4) is 0 Å². The Balaban J connectivity index is 1.62. The Morgan fingerprint density at radius 3 is 2.43 bits per heavy atom. The summed E-state index contributed by atoms with van der Waals surface area (Å²) in [7, 11) is 0. The van der Waals surface area contributed by atoms with Gasteiger partial charge >= 0.3 is 0 Å². The maximum atomic E-state index is 14.3. The molecule has 12 heteroatoms. The first kappa shape index (κ1) is 28.5. The Hall–Kier alpha value is -5.02. The van der Waals surface area contributed by atoms with Gasteiger partial charge in [0, 0.05) is 58.3 Å². The van der Waals surface area contributed by atoms with Crippen LogP contribution in [0.1, 0.15) is 42.1 Å². The number of aliphatic hydroxyl groups excluding tert-OH is 1. The zero-order valence-corrected chi connectivity index (χ0v) is 22.8. The fraction of sp³-hybridized carbons (Fsp3) is 0.333. The fourth-order valence-electron chi connectivity index (χ4n) is 4.92. The van der Waals surface area contributed by atoms with Gasteiger partial charge in [0.05, 0.1) is 6.61 Å². The molecular weight excluding hydrogens is 536 g/mol. The number of rotatable bonds is 13. The van der Waals surface area contributed by atoms with Crippen molar-refractivity contribution in [1.29, 1.82) is 0 Å². The molecule has 2 aliphatic rings. The van der Waals surface area contributed by atoms with E-state index >= 15 is 0 Å². The summed E-state index contributed by atoms with van der Waals surface area (Å²) >= 11 is 0. The van der Waals surface area contributed by atoms with E-state index in [1.165, 1.54) is 0 Å². The van der Waals surface area contributed by atoms with Crippen LogP contribution in [0.25, 0.3) is 20.9 Å². The Morgan fingerprint density at radius 1 is 1.02 bits per heavy atom. The average molecular weight is 567 g/mol. The van der Waals surface area contributed by atoms with Gasteiger partial charge in [-0.05, 0) is 59.7 Å².